The van der Waals surface area contributed by atoms with Crippen molar-refractivity contribution < 1.29 is 23.9 Å². The van der Waals surface area contributed by atoms with E-state index in [1.165, 1.54) is 0 Å². The molecule has 0 aliphatic carbocycles. The monoisotopic (exact) mass is 480 g/mol. The van der Waals surface area contributed by atoms with Gasteiger partial charge in [0.25, 0.3) is 11.8 Å². The molecule has 1 atom stereocenters. The summed E-state index contributed by atoms with van der Waals surface area (Å²) >= 11 is 1.04. The Morgan fingerprint density at radius 3 is 2.35 bits per heavy atom. The molecular formula is C26H28N2O5S. The molecule has 1 unspecified atom stereocenters. The third-order valence-electron chi connectivity index (χ3n) is 5.19. The van der Waals surface area contributed by atoms with Crippen LogP contribution in [0.1, 0.15) is 56.6 Å². The normalized spacial score (nSPS) is 11.4. The average Bonchev–Trinajstić information content (AvgIpc) is 3.15. The first-order valence-corrected chi connectivity index (χ1v) is 11.8. The summed E-state index contributed by atoms with van der Waals surface area (Å²) in [5.74, 6) is -0.775. The van der Waals surface area contributed by atoms with E-state index in [0.29, 0.717) is 16.2 Å². The SMILES string of the molecule is CCOC(=O)c1c(NC(=O)COc2ccccc2C)sc(C(=O)NC(C)c2ccccc2)c1C. The molecule has 34 heavy (non-hydrogen) atoms. The maximum atomic E-state index is 13.0. The van der Waals surface area contributed by atoms with E-state index < -0.39 is 11.9 Å². The fraction of sp³-hybridized carbons (Fsp3) is 0.269. The number of para-hydroxylation sites is 1. The molecule has 0 radical (unpaired) electrons. The summed E-state index contributed by atoms with van der Waals surface area (Å²) in [5, 5.41) is 5.92. The van der Waals surface area contributed by atoms with Crippen LogP contribution in [0.25, 0.3) is 0 Å². The lowest BCUT2D eigenvalue weighted by molar-refractivity contribution is -0.118. The number of rotatable bonds is 9. The number of aryl methyl sites for hydroxylation is 1. The summed E-state index contributed by atoms with van der Waals surface area (Å²) in [7, 11) is 0. The molecule has 0 spiro atoms. The topological polar surface area (TPSA) is 93.7 Å². The Labute approximate surface area is 203 Å². The van der Waals surface area contributed by atoms with Crippen LogP contribution < -0.4 is 15.4 Å². The number of nitrogens with one attached hydrogen (secondary N) is 2. The van der Waals surface area contributed by atoms with Crippen LogP contribution in [0.2, 0.25) is 0 Å². The number of amides is 2. The molecule has 7 nitrogen and oxygen atoms in total. The minimum Gasteiger partial charge on any atom is -0.483 e. The van der Waals surface area contributed by atoms with E-state index in [4.69, 9.17) is 9.47 Å². The number of thiophene rings is 1. The lowest BCUT2D eigenvalue weighted by Crippen LogP contribution is -2.26. The van der Waals surface area contributed by atoms with Gasteiger partial charge in [0.05, 0.1) is 23.1 Å². The molecule has 0 aliphatic rings. The molecule has 0 saturated carbocycles. The number of hydrogen-bond donors (Lipinski definition) is 2. The van der Waals surface area contributed by atoms with E-state index in [-0.39, 0.29) is 35.7 Å². The van der Waals surface area contributed by atoms with E-state index in [1.54, 1.807) is 19.9 Å². The average molecular weight is 481 g/mol. The van der Waals surface area contributed by atoms with E-state index in [2.05, 4.69) is 10.6 Å². The van der Waals surface area contributed by atoms with Crippen molar-refractivity contribution in [2.45, 2.75) is 33.7 Å². The second-order valence-electron chi connectivity index (χ2n) is 7.69. The van der Waals surface area contributed by atoms with Gasteiger partial charge in [0.15, 0.2) is 6.61 Å². The first-order valence-electron chi connectivity index (χ1n) is 11.0. The highest BCUT2D eigenvalue weighted by Crippen LogP contribution is 2.34. The molecule has 0 bridgehead atoms. The summed E-state index contributed by atoms with van der Waals surface area (Å²) in [4.78, 5) is 38.6. The van der Waals surface area contributed by atoms with Gasteiger partial charge in [-0.1, -0.05) is 48.5 Å². The molecule has 3 rings (SSSR count). The van der Waals surface area contributed by atoms with Crippen LogP contribution in [0.15, 0.2) is 54.6 Å². The van der Waals surface area contributed by atoms with Crippen LogP contribution in [0.5, 0.6) is 5.75 Å². The quantitative estimate of drug-likeness (QED) is 0.418. The summed E-state index contributed by atoms with van der Waals surface area (Å²) in [6, 6.07) is 16.7. The molecule has 3 aromatic rings. The summed E-state index contributed by atoms with van der Waals surface area (Å²) < 4.78 is 10.8. The highest BCUT2D eigenvalue weighted by molar-refractivity contribution is 7.18. The van der Waals surface area contributed by atoms with E-state index >= 15 is 0 Å². The smallest absolute Gasteiger partial charge is 0.341 e. The van der Waals surface area contributed by atoms with Crippen molar-refractivity contribution in [1.29, 1.82) is 0 Å². The van der Waals surface area contributed by atoms with E-state index in [9.17, 15) is 14.4 Å². The minimum atomic E-state index is -0.596. The third-order valence-corrected chi connectivity index (χ3v) is 6.39. The van der Waals surface area contributed by atoms with E-state index in [0.717, 1.165) is 22.5 Å². The maximum absolute atomic E-state index is 13.0. The van der Waals surface area contributed by atoms with Gasteiger partial charge in [-0.3, -0.25) is 9.59 Å². The van der Waals surface area contributed by atoms with Gasteiger partial charge in [0.2, 0.25) is 0 Å². The van der Waals surface area contributed by atoms with Gasteiger partial charge in [0, 0.05) is 0 Å². The van der Waals surface area contributed by atoms with Gasteiger partial charge in [-0.15, -0.1) is 11.3 Å². The lowest BCUT2D eigenvalue weighted by Gasteiger charge is -2.14. The van der Waals surface area contributed by atoms with Crippen LogP contribution in [0.3, 0.4) is 0 Å². The van der Waals surface area contributed by atoms with Gasteiger partial charge in [0.1, 0.15) is 10.8 Å². The van der Waals surface area contributed by atoms with Crippen LogP contribution in [0.4, 0.5) is 5.00 Å². The van der Waals surface area contributed by atoms with Gasteiger partial charge in [-0.25, -0.2) is 4.79 Å². The predicted octanol–water partition coefficient (Wildman–Crippen LogP) is 5.05. The van der Waals surface area contributed by atoms with Crippen LogP contribution >= 0.6 is 11.3 Å². The van der Waals surface area contributed by atoms with Crippen molar-refractivity contribution in [3.8, 4) is 5.75 Å². The molecule has 8 heteroatoms. The highest BCUT2D eigenvalue weighted by atomic mass is 32.1. The van der Waals surface area contributed by atoms with E-state index in [1.807, 2.05) is 62.4 Å². The van der Waals surface area contributed by atoms with Crippen LogP contribution in [0, 0.1) is 13.8 Å². The van der Waals surface area contributed by atoms with Crippen LogP contribution in [-0.4, -0.2) is 31.0 Å². The Balaban J connectivity index is 1.79. The molecule has 178 valence electrons. The molecule has 0 fully saturated rings. The fourth-order valence-electron chi connectivity index (χ4n) is 3.38. The Morgan fingerprint density at radius 1 is 1.00 bits per heavy atom. The molecule has 2 aromatic carbocycles. The highest BCUT2D eigenvalue weighted by Gasteiger charge is 2.27. The Bertz CT molecular complexity index is 1170. The van der Waals surface area contributed by atoms with Gasteiger partial charge in [-0.2, -0.15) is 0 Å². The molecule has 0 saturated heterocycles. The number of anilines is 1. The number of ether oxygens (including phenoxy) is 2. The summed E-state index contributed by atoms with van der Waals surface area (Å²) in [6.07, 6.45) is 0. The number of benzene rings is 2. The second-order valence-corrected chi connectivity index (χ2v) is 8.71. The fourth-order valence-corrected chi connectivity index (χ4v) is 4.49. The molecule has 1 heterocycles. The molecular weight excluding hydrogens is 452 g/mol. The molecule has 0 aliphatic heterocycles. The van der Waals surface area contributed by atoms with Crippen molar-refractivity contribution >= 4 is 34.1 Å². The Hall–Kier alpha value is -3.65. The third kappa shape index (κ3) is 6.02. The zero-order valence-electron chi connectivity index (χ0n) is 19.6. The zero-order valence-corrected chi connectivity index (χ0v) is 20.5. The van der Waals surface area contributed by atoms with Crippen LogP contribution in [-0.2, 0) is 9.53 Å². The standard InChI is InChI=1S/C26H28N2O5S/c1-5-32-26(31)22-17(3)23(24(30)27-18(4)19-12-7-6-8-13-19)34-25(22)28-21(29)15-33-20-14-10-9-11-16(20)2/h6-14,18H,5,15H2,1-4H3,(H,27,30)(H,28,29). The molecule has 1 aromatic heterocycles. The summed E-state index contributed by atoms with van der Waals surface area (Å²) in [5.41, 5.74) is 2.49. The van der Waals surface area contributed by atoms with Crippen molar-refractivity contribution in [2.75, 3.05) is 18.5 Å². The van der Waals surface area contributed by atoms with Crippen molar-refractivity contribution in [1.82, 2.24) is 5.32 Å². The predicted molar refractivity (Wildman–Crippen MR) is 133 cm³/mol. The van der Waals surface area contributed by atoms with Crippen molar-refractivity contribution in [3.05, 3.63) is 81.7 Å². The number of esters is 1. The number of carbonyl (C=O) groups excluding carboxylic acids is 3. The van der Waals surface area contributed by atoms with Gasteiger partial charge >= 0.3 is 5.97 Å². The minimum absolute atomic E-state index is 0.171. The van der Waals surface area contributed by atoms with Crippen molar-refractivity contribution in [2.24, 2.45) is 0 Å². The van der Waals surface area contributed by atoms with Gasteiger partial charge in [-0.05, 0) is 50.5 Å². The largest absolute Gasteiger partial charge is 0.483 e. The maximum Gasteiger partial charge on any atom is 0.341 e. The summed E-state index contributed by atoms with van der Waals surface area (Å²) in [6.45, 7) is 7.07. The molecule has 2 N–H and O–H groups in total. The second kappa shape index (κ2) is 11.5. The number of carbonyl (C=O) groups is 3. The zero-order chi connectivity index (χ0) is 24.7. The van der Waals surface area contributed by atoms with Crippen molar-refractivity contribution in [3.63, 3.8) is 0 Å². The first kappa shape index (κ1) is 25.0. The Morgan fingerprint density at radius 2 is 1.68 bits per heavy atom. The number of hydrogen-bond acceptors (Lipinski definition) is 6. The lowest BCUT2D eigenvalue weighted by atomic mass is 10.1. The Kier molecular flexibility index (Phi) is 8.43. The van der Waals surface area contributed by atoms with Gasteiger partial charge < -0.3 is 20.1 Å². The molecule has 2 amide bonds. The first-order chi connectivity index (χ1) is 16.3.